The van der Waals surface area contributed by atoms with Crippen LogP contribution >= 0.6 is 0 Å². The average molecular weight is 200 g/mol. The molecular formula is C11H24N2O. The fraction of sp³-hybridized carbons (Fsp3) is 0.909. The highest BCUT2D eigenvalue weighted by molar-refractivity contribution is 5.74. The molecule has 0 bridgehead atoms. The van der Waals surface area contributed by atoms with Crippen LogP contribution in [0.15, 0.2) is 0 Å². The van der Waals surface area contributed by atoms with Gasteiger partial charge < -0.3 is 9.80 Å². The highest BCUT2D eigenvalue weighted by Gasteiger charge is 2.20. The minimum Gasteiger partial charge on any atom is -0.328 e. The Morgan fingerprint density at radius 3 is 2.00 bits per heavy atom. The van der Waals surface area contributed by atoms with E-state index in [4.69, 9.17) is 0 Å². The maximum absolute atomic E-state index is 11.9. The smallest absolute Gasteiger partial charge is 0.319 e. The Hall–Kier alpha value is -0.730. The number of urea groups is 1. The summed E-state index contributed by atoms with van der Waals surface area (Å²) >= 11 is 0. The zero-order chi connectivity index (χ0) is 11.3. The summed E-state index contributed by atoms with van der Waals surface area (Å²) in [5.74, 6) is 0.520. The Morgan fingerprint density at radius 1 is 1.21 bits per heavy atom. The lowest BCUT2D eigenvalue weighted by molar-refractivity contribution is 0.144. The van der Waals surface area contributed by atoms with Gasteiger partial charge in [0, 0.05) is 26.2 Å². The van der Waals surface area contributed by atoms with Crippen LogP contribution < -0.4 is 0 Å². The number of rotatable bonds is 4. The van der Waals surface area contributed by atoms with Crippen molar-refractivity contribution in [1.82, 2.24) is 9.80 Å². The second-order valence-electron chi connectivity index (χ2n) is 4.44. The Kier molecular flexibility index (Phi) is 5.58. The van der Waals surface area contributed by atoms with Gasteiger partial charge in [0.15, 0.2) is 0 Å². The first kappa shape index (κ1) is 13.3. The summed E-state index contributed by atoms with van der Waals surface area (Å²) in [6.45, 7) is 12.0. The van der Waals surface area contributed by atoms with E-state index in [9.17, 15) is 4.79 Å². The molecule has 0 radical (unpaired) electrons. The summed E-state index contributed by atoms with van der Waals surface area (Å²) in [6, 6.07) is 0.412. The molecule has 0 spiro atoms. The quantitative estimate of drug-likeness (QED) is 0.683. The maximum Gasteiger partial charge on any atom is 0.319 e. The molecule has 0 saturated heterocycles. The number of carbonyl (C=O) groups excluding carboxylic acids is 1. The Labute approximate surface area is 88.1 Å². The lowest BCUT2D eigenvalue weighted by Gasteiger charge is -2.32. The lowest BCUT2D eigenvalue weighted by atomic mass is 10.2. The molecule has 0 saturated carbocycles. The van der Waals surface area contributed by atoms with Gasteiger partial charge in [0.1, 0.15) is 0 Å². The molecule has 2 amide bonds. The summed E-state index contributed by atoms with van der Waals surface area (Å²) in [7, 11) is 1.85. The first-order valence-electron chi connectivity index (χ1n) is 5.41. The van der Waals surface area contributed by atoms with Crippen LogP contribution in [0.1, 0.15) is 34.6 Å². The number of nitrogens with zero attached hydrogens (tertiary/aromatic N) is 2. The van der Waals surface area contributed by atoms with Gasteiger partial charge in [0.05, 0.1) is 0 Å². The average Bonchev–Trinajstić information content (AvgIpc) is 2.11. The van der Waals surface area contributed by atoms with Crippen molar-refractivity contribution in [2.24, 2.45) is 5.92 Å². The molecule has 84 valence electrons. The van der Waals surface area contributed by atoms with Gasteiger partial charge in [-0.1, -0.05) is 13.8 Å². The summed E-state index contributed by atoms with van der Waals surface area (Å²) in [4.78, 5) is 15.6. The van der Waals surface area contributed by atoms with E-state index >= 15 is 0 Å². The number of hydrogen-bond donors (Lipinski definition) is 0. The van der Waals surface area contributed by atoms with Crippen LogP contribution in [0.2, 0.25) is 0 Å². The van der Waals surface area contributed by atoms with E-state index in [0.29, 0.717) is 5.92 Å². The van der Waals surface area contributed by atoms with Gasteiger partial charge in [-0.3, -0.25) is 0 Å². The normalized spacial score (nSPS) is 10.9. The molecule has 14 heavy (non-hydrogen) atoms. The topological polar surface area (TPSA) is 23.6 Å². The van der Waals surface area contributed by atoms with Crippen LogP contribution in [-0.2, 0) is 0 Å². The zero-order valence-corrected chi connectivity index (χ0v) is 10.4. The number of hydrogen-bond acceptors (Lipinski definition) is 1. The van der Waals surface area contributed by atoms with Crippen molar-refractivity contribution in [2.75, 3.05) is 20.1 Å². The molecule has 0 aromatic carbocycles. The third kappa shape index (κ3) is 3.99. The second kappa shape index (κ2) is 5.89. The van der Waals surface area contributed by atoms with Crippen molar-refractivity contribution in [3.05, 3.63) is 0 Å². The van der Waals surface area contributed by atoms with Crippen molar-refractivity contribution in [3.63, 3.8) is 0 Å². The minimum absolute atomic E-state index is 0.135. The molecule has 0 heterocycles. The van der Waals surface area contributed by atoms with Crippen molar-refractivity contribution in [2.45, 2.75) is 40.7 Å². The van der Waals surface area contributed by atoms with Gasteiger partial charge in [-0.25, -0.2) is 4.79 Å². The van der Waals surface area contributed by atoms with Crippen LogP contribution in [0.3, 0.4) is 0 Å². The molecular weight excluding hydrogens is 176 g/mol. The summed E-state index contributed by atoms with van der Waals surface area (Å²) in [6.07, 6.45) is 0. The standard InChI is InChI=1S/C11H24N2O/c1-7-12(6)11(14)13(10(4)5)8-9(2)3/h9-10H,7-8H2,1-6H3. The van der Waals surface area contributed by atoms with Crippen molar-refractivity contribution < 1.29 is 4.79 Å². The van der Waals surface area contributed by atoms with E-state index in [1.165, 1.54) is 0 Å². The molecule has 0 atom stereocenters. The van der Waals surface area contributed by atoms with Crippen molar-refractivity contribution in [1.29, 1.82) is 0 Å². The summed E-state index contributed by atoms with van der Waals surface area (Å²) < 4.78 is 0. The maximum atomic E-state index is 11.9. The molecule has 0 aromatic rings. The Morgan fingerprint density at radius 2 is 1.71 bits per heavy atom. The molecule has 0 N–H and O–H groups in total. The van der Waals surface area contributed by atoms with Gasteiger partial charge in [0.25, 0.3) is 0 Å². The molecule has 0 aliphatic heterocycles. The van der Waals surface area contributed by atoms with E-state index in [2.05, 4.69) is 27.7 Å². The van der Waals surface area contributed by atoms with E-state index in [1.54, 1.807) is 4.90 Å². The monoisotopic (exact) mass is 200 g/mol. The molecule has 0 aromatic heterocycles. The SMILES string of the molecule is CCN(C)C(=O)N(CC(C)C)C(C)C. The largest absolute Gasteiger partial charge is 0.328 e. The first-order valence-corrected chi connectivity index (χ1v) is 5.41. The fourth-order valence-corrected chi connectivity index (χ4v) is 1.26. The molecule has 3 nitrogen and oxygen atoms in total. The lowest BCUT2D eigenvalue weighted by Crippen LogP contribution is -2.46. The van der Waals surface area contributed by atoms with E-state index in [1.807, 2.05) is 18.9 Å². The predicted molar refractivity (Wildman–Crippen MR) is 60.4 cm³/mol. The van der Waals surface area contributed by atoms with Crippen LogP contribution in [0.25, 0.3) is 0 Å². The number of amides is 2. The van der Waals surface area contributed by atoms with Crippen LogP contribution in [0, 0.1) is 5.92 Å². The highest BCUT2D eigenvalue weighted by atomic mass is 16.2. The van der Waals surface area contributed by atoms with E-state index < -0.39 is 0 Å². The Balaban J connectivity index is 4.41. The first-order chi connectivity index (χ1) is 6.40. The van der Waals surface area contributed by atoms with Crippen molar-refractivity contribution >= 4 is 6.03 Å². The molecule has 0 aliphatic carbocycles. The van der Waals surface area contributed by atoms with E-state index in [-0.39, 0.29) is 12.1 Å². The molecule has 3 heteroatoms. The van der Waals surface area contributed by atoms with Crippen LogP contribution in [0.4, 0.5) is 4.79 Å². The van der Waals surface area contributed by atoms with Gasteiger partial charge >= 0.3 is 6.03 Å². The summed E-state index contributed by atoms with van der Waals surface area (Å²) in [5.41, 5.74) is 0. The minimum atomic E-state index is 0.135. The molecule has 0 unspecified atom stereocenters. The fourth-order valence-electron chi connectivity index (χ4n) is 1.26. The molecule has 0 rings (SSSR count). The van der Waals surface area contributed by atoms with Gasteiger partial charge in [-0.2, -0.15) is 0 Å². The molecule has 0 fully saturated rings. The molecule has 0 aliphatic rings. The van der Waals surface area contributed by atoms with E-state index in [0.717, 1.165) is 13.1 Å². The zero-order valence-electron chi connectivity index (χ0n) is 10.4. The third-order valence-corrected chi connectivity index (χ3v) is 2.23. The van der Waals surface area contributed by atoms with Gasteiger partial charge in [-0.15, -0.1) is 0 Å². The van der Waals surface area contributed by atoms with Crippen LogP contribution in [0.5, 0.6) is 0 Å². The predicted octanol–water partition coefficient (Wildman–Crippen LogP) is 2.42. The van der Waals surface area contributed by atoms with Crippen LogP contribution in [-0.4, -0.2) is 42.0 Å². The highest BCUT2D eigenvalue weighted by Crippen LogP contribution is 2.07. The van der Waals surface area contributed by atoms with Crippen molar-refractivity contribution in [3.8, 4) is 0 Å². The summed E-state index contributed by atoms with van der Waals surface area (Å²) in [5, 5.41) is 0. The third-order valence-electron chi connectivity index (χ3n) is 2.23. The number of carbonyl (C=O) groups is 1. The van der Waals surface area contributed by atoms with Gasteiger partial charge in [0.2, 0.25) is 0 Å². The second-order valence-corrected chi connectivity index (χ2v) is 4.44. The van der Waals surface area contributed by atoms with Gasteiger partial charge in [-0.05, 0) is 26.7 Å². The Bertz CT molecular complexity index is 178.